The molecule has 0 fully saturated rings. The third-order valence-corrected chi connectivity index (χ3v) is 7.91. The van der Waals surface area contributed by atoms with Crippen molar-refractivity contribution in [3.05, 3.63) is 126 Å². The Morgan fingerprint density at radius 3 is 1.62 bits per heavy atom. The van der Waals surface area contributed by atoms with Gasteiger partial charge in [0, 0.05) is 0 Å². The zero-order valence-electron chi connectivity index (χ0n) is 21.8. The zero-order chi connectivity index (χ0) is 26.3. The van der Waals surface area contributed by atoms with E-state index in [0.29, 0.717) is 5.82 Å². The summed E-state index contributed by atoms with van der Waals surface area (Å²) < 4.78 is 26.4. The first-order chi connectivity index (χ1) is 17.8. The van der Waals surface area contributed by atoms with Crippen LogP contribution in [0.3, 0.4) is 0 Å². The summed E-state index contributed by atoms with van der Waals surface area (Å²) in [5, 5.41) is 4.90. The molecule has 0 aliphatic heterocycles. The molecule has 7 heteroatoms. The van der Waals surface area contributed by atoms with Gasteiger partial charge in [-0.2, -0.15) is 5.10 Å². The zero-order valence-corrected chi connectivity index (χ0v) is 22.7. The summed E-state index contributed by atoms with van der Waals surface area (Å²) in [5.74, 6) is 0.507. The Hall–Kier alpha value is -3.31. The van der Waals surface area contributed by atoms with E-state index in [1.165, 1.54) is 0 Å². The number of rotatable bonds is 11. The standard InChI is InChI=1S/C30H34N3O3P/c1-24(2)35-37(34,36-25(3)4)22-14-21-29-31-23-33(32-29)30(26-15-8-5-9-16-26,27-17-10-6-11-18-27)28-19-12-7-13-20-28/h5-21,23-25H,22H2,1-4H3/b21-14+. The molecule has 1 heterocycles. The van der Waals surface area contributed by atoms with Crippen molar-refractivity contribution < 1.29 is 13.6 Å². The van der Waals surface area contributed by atoms with Gasteiger partial charge in [-0.05, 0) is 50.5 Å². The summed E-state index contributed by atoms with van der Waals surface area (Å²) >= 11 is 0. The smallest absolute Gasteiger partial charge is 0.306 e. The van der Waals surface area contributed by atoms with Gasteiger partial charge in [0.25, 0.3) is 0 Å². The van der Waals surface area contributed by atoms with Crippen LogP contribution in [0.1, 0.15) is 50.2 Å². The van der Waals surface area contributed by atoms with Crippen molar-refractivity contribution in [2.75, 3.05) is 6.16 Å². The van der Waals surface area contributed by atoms with E-state index >= 15 is 0 Å². The highest BCUT2D eigenvalue weighted by Gasteiger charge is 2.39. The van der Waals surface area contributed by atoms with Crippen LogP contribution in [0.5, 0.6) is 0 Å². The van der Waals surface area contributed by atoms with Crippen LogP contribution in [-0.2, 0) is 19.2 Å². The second-order valence-electron chi connectivity index (χ2n) is 9.36. The molecule has 0 N–H and O–H groups in total. The number of benzene rings is 3. The lowest BCUT2D eigenvalue weighted by molar-refractivity contribution is 0.144. The Morgan fingerprint density at radius 1 is 0.784 bits per heavy atom. The highest BCUT2D eigenvalue weighted by molar-refractivity contribution is 7.54. The minimum absolute atomic E-state index is 0.138. The molecule has 6 nitrogen and oxygen atoms in total. The first-order valence-corrected chi connectivity index (χ1v) is 14.3. The van der Waals surface area contributed by atoms with E-state index in [4.69, 9.17) is 14.1 Å². The fourth-order valence-electron chi connectivity index (χ4n) is 4.49. The molecule has 0 bridgehead atoms. The molecule has 0 atom stereocenters. The summed E-state index contributed by atoms with van der Waals surface area (Å²) in [6.07, 6.45) is 5.00. The molecular weight excluding hydrogens is 481 g/mol. The molecule has 0 aliphatic rings. The lowest BCUT2D eigenvalue weighted by Gasteiger charge is -2.35. The first kappa shape index (κ1) is 26.7. The van der Waals surface area contributed by atoms with Crippen molar-refractivity contribution in [3.63, 3.8) is 0 Å². The number of nitrogens with zero attached hydrogens (tertiary/aromatic N) is 3. The van der Waals surface area contributed by atoms with E-state index in [9.17, 15) is 4.57 Å². The van der Waals surface area contributed by atoms with Gasteiger partial charge in [0.15, 0.2) is 5.82 Å². The molecule has 192 valence electrons. The van der Waals surface area contributed by atoms with Gasteiger partial charge in [-0.1, -0.05) is 97.1 Å². The summed E-state index contributed by atoms with van der Waals surface area (Å²) in [4.78, 5) is 4.59. The van der Waals surface area contributed by atoms with E-state index in [1.807, 2.05) is 87.0 Å². The lowest BCUT2D eigenvalue weighted by Crippen LogP contribution is -2.38. The third-order valence-electron chi connectivity index (χ3n) is 5.77. The molecule has 0 spiro atoms. The summed E-state index contributed by atoms with van der Waals surface area (Å²) in [6.45, 7) is 7.39. The predicted molar refractivity (Wildman–Crippen MR) is 149 cm³/mol. The monoisotopic (exact) mass is 515 g/mol. The molecule has 1 aromatic heterocycles. The SMILES string of the molecule is CC(C)OP(=O)(C/C=C/c1ncn(C(c2ccccc2)(c2ccccc2)c2ccccc2)n1)OC(C)C. The maximum absolute atomic E-state index is 13.2. The Morgan fingerprint density at radius 2 is 1.22 bits per heavy atom. The molecule has 4 rings (SSSR count). The van der Waals surface area contributed by atoms with E-state index in [2.05, 4.69) is 41.4 Å². The van der Waals surface area contributed by atoms with Crippen LogP contribution in [0.15, 0.2) is 103 Å². The van der Waals surface area contributed by atoms with Crippen molar-refractivity contribution in [1.29, 1.82) is 0 Å². The minimum Gasteiger partial charge on any atom is -0.306 e. The predicted octanol–water partition coefficient (Wildman–Crippen LogP) is 7.17. The van der Waals surface area contributed by atoms with Gasteiger partial charge >= 0.3 is 7.60 Å². The molecule has 4 aromatic rings. The molecule has 0 radical (unpaired) electrons. The van der Waals surface area contributed by atoms with Gasteiger partial charge < -0.3 is 9.05 Å². The van der Waals surface area contributed by atoms with Crippen LogP contribution < -0.4 is 0 Å². The van der Waals surface area contributed by atoms with Crippen LogP contribution >= 0.6 is 7.60 Å². The largest absolute Gasteiger partial charge is 0.334 e. The van der Waals surface area contributed by atoms with E-state index in [0.717, 1.165) is 16.7 Å². The van der Waals surface area contributed by atoms with Crippen LogP contribution in [0.25, 0.3) is 6.08 Å². The van der Waals surface area contributed by atoms with Crippen molar-refractivity contribution in [3.8, 4) is 0 Å². The van der Waals surface area contributed by atoms with Crippen molar-refractivity contribution in [1.82, 2.24) is 14.8 Å². The van der Waals surface area contributed by atoms with Crippen LogP contribution in [-0.4, -0.2) is 33.1 Å². The molecule has 0 amide bonds. The fraction of sp³-hybridized carbons (Fsp3) is 0.267. The van der Waals surface area contributed by atoms with Gasteiger partial charge in [0.05, 0.1) is 18.4 Å². The third kappa shape index (κ3) is 6.16. The van der Waals surface area contributed by atoms with E-state index in [-0.39, 0.29) is 18.4 Å². The average Bonchev–Trinajstić information content (AvgIpc) is 3.34. The van der Waals surface area contributed by atoms with Crippen molar-refractivity contribution in [2.24, 2.45) is 0 Å². The maximum Gasteiger partial charge on any atom is 0.334 e. The number of hydrogen-bond donors (Lipinski definition) is 0. The Labute approximate surface area is 219 Å². The Balaban J connectivity index is 1.77. The van der Waals surface area contributed by atoms with Gasteiger partial charge in [-0.25, -0.2) is 9.67 Å². The second kappa shape index (κ2) is 11.8. The lowest BCUT2D eigenvalue weighted by atomic mass is 9.77. The van der Waals surface area contributed by atoms with E-state index in [1.54, 1.807) is 18.5 Å². The van der Waals surface area contributed by atoms with Crippen molar-refractivity contribution >= 4 is 13.7 Å². The van der Waals surface area contributed by atoms with E-state index < -0.39 is 13.1 Å². The van der Waals surface area contributed by atoms with Gasteiger partial charge in [-0.3, -0.25) is 4.57 Å². The van der Waals surface area contributed by atoms with Gasteiger partial charge in [-0.15, -0.1) is 0 Å². The molecular formula is C30H34N3O3P. The highest BCUT2D eigenvalue weighted by atomic mass is 31.2. The topological polar surface area (TPSA) is 66.2 Å². The van der Waals surface area contributed by atoms with Crippen LogP contribution in [0, 0.1) is 0 Å². The quantitative estimate of drug-likeness (QED) is 0.156. The highest BCUT2D eigenvalue weighted by Crippen LogP contribution is 2.50. The van der Waals surface area contributed by atoms with Crippen LogP contribution in [0.2, 0.25) is 0 Å². The minimum atomic E-state index is -3.29. The molecule has 0 aliphatic carbocycles. The molecule has 0 saturated carbocycles. The van der Waals surface area contributed by atoms with Gasteiger partial charge in [0.1, 0.15) is 11.9 Å². The molecule has 0 unspecified atom stereocenters. The summed E-state index contributed by atoms with van der Waals surface area (Å²) in [6, 6.07) is 30.9. The summed E-state index contributed by atoms with van der Waals surface area (Å²) in [5.41, 5.74) is 2.45. The average molecular weight is 516 g/mol. The number of hydrogen-bond acceptors (Lipinski definition) is 5. The second-order valence-corrected chi connectivity index (χ2v) is 11.4. The molecule has 0 saturated heterocycles. The Bertz CT molecular complexity index is 1230. The maximum atomic E-state index is 13.2. The normalized spacial score (nSPS) is 12.6. The number of aromatic nitrogens is 3. The van der Waals surface area contributed by atoms with Crippen LogP contribution in [0.4, 0.5) is 0 Å². The van der Waals surface area contributed by atoms with Gasteiger partial charge in [0.2, 0.25) is 0 Å². The Kier molecular flexibility index (Phi) is 8.55. The number of allylic oxidation sites excluding steroid dienone is 1. The first-order valence-electron chi connectivity index (χ1n) is 12.5. The summed E-state index contributed by atoms with van der Waals surface area (Å²) in [7, 11) is -3.29. The van der Waals surface area contributed by atoms with Crippen molar-refractivity contribution in [2.45, 2.75) is 45.4 Å². The molecule has 3 aromatic carbocycles. The molecule has 37 heavy (non-hydrogen) atoms. The fourth-order valence-corrected chi connectivity index (χ4v) is 6.36.